The van der Waals surface area contributed by atoms with Gasteiger partial charge in [0.2, 0.25) is 0 Å². The summed E-state index contributed by atoms with van der Waals surface area (Å²) in [6, 6.07) is 6.77. The SMILES string of the molecule is C[C@@H](Oc1ccc(NPI)c(C(=N)c2cnc(N3CC(N)(CC4CC4)C3)c(F)c2)c1)c1c(Cl)cncc1Cl. The summed E-state index contributed by atoms with van der Waals surface area (Å²) in [6.07, 6.45) is 7.96. The second kappa shape index (κ2) is 11.4. The largest absolute Gasteiger partial charge is 0.486 e. The van der Waals surface area contributed by atoms with E-state index in [-0.39, 0.29) is 17.1 Å². The molecule has 2 aromatic heterocycles. The zero-order valence-corrected chi connectivity index (χ0v) is 25.2. The van der Waals surface area contributed by atoms with Gasteiger partial charge in [-0.3, -0.25) is 10.4 Å². The highest BCUT2D eigenvalue weighted by atomic mass is 127. The van der Waals surface area contributed by atoms with Gasteiger partial charge in [0.05, 0.1) is 21.3 Å². The molecule has 38 heavy (non-hydrogen) atoms. The van der Waals surface area contributed by atoms with Gasteiger partial charge >= 0.3 is 0 Å². The molecule has 0 bridgehead atoms. The molecule has 1 saturated heterocycles. The van der Waals surface area contributed by atoms with Crippen molar-refractivity contribution in [2.24, 2.45) is 11.7 Å². The number of pyridine rings is 2. The summed E-state index contributed by atoms with van der Waals surface area (Å²) in [5.41, 5.74) is 8.63. The predicted octanol–water partition coefficient (Wildman–Crippen LogP) is 7.15. The van der Waals surface area contributed by atoms with E-state index in [1.54, 1.807) is 12.3 Å². The molecule has 2 atom stereocenters. The van der Waals surface area contributed by atoms with Gasteiger partial charge in [-0.2, -0.15) is 0 Å². The fourth-order valence-electron chi connectivity index (χ4n) is 4.88. The molecule has 1 aliphatic heterocycles. The number of ether oxygens (including phenoxy) is 1. The molecule has 7 nitrogen and oxygen atoms in total. The first-order valence-corrected chi connectivity index (χ1v) is 17.0. The zero-order valence-electron chi connectivity index (χ0n) is 20.6. The third-order valence-corrected chi connectivity index (χ3v) is 8.64. The van der Waals surface area contributed by atoms with Crippen molar-refractivity contribution in [1.82, 2.24) is 9.97 Å². The molecule has 0 spiro atoms. The van der Waals surface area contributed by atoms with Crippen LogP contribution in [0.15, 0.2) is 42.9 Å². The number of benzene rings is 1. The summed E-state index contributed by atoms with van der Waals surface area (Å²) < 4.78 is 21.3. The van der Waals surface area contributed by atoms with Crippen LogP contribution in [0.2, 0.25) is 10.0 Å². The molecule has 5 rings (SSSR count). The molecule has 1 aliphatic carbocycles. The summed E-state index contributed by atoms with van der Waals surface area (Å²) in [5, 5.41) is 13.0. The van der Waals surface area contributed by atoms with Gasteiger partial charge in [0.25, 0.3) is 0 Å². The van der Waals surface area contributed by atoms with Gasteiger partial charge in [-0.05, 0) is 65.6 Å². The van der Waals surface area contributed by atoms with Crippen molar-refractivity contribution in [3.63, 3.8) is 0 Å². The van der Waals surface area contributed by atoms with Crippen molar-refractivity contribution in [3.05, 3.63) is 75.4 Å². The van der Waals surface area contributed by atoms with Crippen LogP contribution in [-0.4, -0.2) is 34.3 Å². The van der Waals surface area contributed by atoms with Crippen LogP contribution in [-0.2, 0) is 0 Å². The lowest BCUT2D eigenvalue weighted by Crippen LogP contribution is -2.68. The van der Waals surface area contributed by atoms with E-state index in [0.29, 0.717) is 51.9 Å². The molecule has 4 N–H and O–H groups in total. The molecule has 0 amide bonds. The predicted molar refractivity (Wildman–Crippen MR) is 162 cm³/mol. The molecule has 2 fully saturated rings. The Labute approximate surface area is 245 Å². The average Bonchev–Trinajstić information content (AvgIpc) is 3.67. The first-order chi connectivity index (χ1) is 18.2. The molecular weight excluding hydrogens is 660 g/mol. The lowest BCUT2D eigenvalue weighted by Gasteiger charge is -2.48. The fraction of sp³-hybridized carbons (Fsp3) is 0.346. The van der Waals surface area contributed by atoms with Crippen molar-refractivity contribution >= 4 is 68.8 Å². The third kappa shape index (κ3) is 6.02. The summed E-state index contributed by atoms with van der Waals surface area (Å²) in [6.45, 7) is 3.03. The van der Waals surface area contributed by atoms with Gasteiger partial charge in [-0.25, -0.2) is 9.37 Å². The number of aromatic nitrogens is 2. The van der Waals surface area contributed by atoms with E-state index in [2.05, 4.69) is 37.1 Å². The Morgan fingerprint density at radius 2 is 2.00 bits per heavy atom. The van der Waals surface area contributed by atoms with Gasteiger partial charge < -0.3 is 20.5 Å². The summed E-state index contributed by atoms with van der Waals surface area (Å²) >= 11 is 14.8. The molecule has 1 unspecified atom stereocenters. The number of nitrogens with zero attached hydrogens (tertiary/aromatic N) is 3. The van der Waals surface area contributed by atoms with Crippen molar-refractivity contribution in [2.45, 2.75) is 37.8 Å². The molecule has 12 heteroatoms. The molecular formula is C26H27Cl2FIN6OP. The maximum atomic E-state index is 15.2. The molecule has 0 radical (unpaired) electrons. The lowest BCUT2D eigenvalue weighted by atomic mass is 9.85. The van der Waals surface area contributed by atoms with E-state index in [1.807, 2.05) is 24.0 Å². The Hall–Kier alpha value is -1.78. The number of nitrogens with two attached hydrogens (primary N) is 1. The summed E-state index contributed by atoms with van der Waals surface area (Å²) in [5.74, 6) is 1.05. The summed E-state index contributed by atoms with van der Waals surface area (Å²) in [4.78, 5) is 10.2. The van der Waals surface area contributed by atoms with E-state index >= 15 is 4.39 Å². The molecule has 200 valence electrons. The molecule has 2 aliphatic rings. The van der Waals surface area contributed by atoms with Crippen LogP contribution in [0.5, 0.6) is 5.75 Å². The highest BCUT2D eigenvalue weighted by molar-refractivity contribution is 14.2. The van der Waals surface area contributed by atoms with Gasteiger partial charge in [0.1, 0.15) is 11.9 Å². The highest BCUT2D eigenvalue weighted by Crippen LogP contribution is 2.40. The van der Waals surface area contributed by atoms with Crippen LogP contribution in [0.1, 0.15) is 49.0 Å². The Balaban J connectivity index is 1.36. The molecule has 1 saturated carbocycles. The monoisotopic (exact) mass is 686 g/mol. The Morgan fingerprint density at radius 3 is 2.63 bits per heavy atom. The van der Waals surface area contributed by atoms with E-state index < -0.39 is 11.9 Å². The Morgan fingerprint density at radius 1 is 1.29 bits per heavy atom. The average molecular weight is 687 g/mol. The second-order valence-corrected chi connectivity index (χ2v) is 12.8. The van der Waals surface area contributed by atoms with E-state index in [0.717, 1.165) is 18.0 Å². The molecule has 3 heterocycles. The standard InChI is InChI=1S/C26H27Cl2FIN6OP/c1-14(23-19(27)10-33-11-20(23)28)37-17-4-5-22(35-38-30)18(7-17)24(31)16-6-21(29)25(34-9-16)36-12-26(32,13-36)8-15-2-3-15/h4-7,9-11,14-15,31,35,38H,2-3,8,12-13,32H2,1H3/t14-/m1/s1. The second-order valence-electron chi connectivity index (χ2n) is 9.97. The minimum atomic E-state index is -0.464. The normalized spacial score (nSPS) is 17.4. The van der Waals surface area contributed by atoms with Crippen LogP contribution in [0.4, 0.5) is 15.9 Å². The lowest BCUT2D eigenvalue weighted by molar-refractivity contribution is 0.227. The Kier molecular flexibility index (Phi) is 8.31. The van der Waals surface area contributed by atoms with Crippen molar-refractivity contribution in [1.29, 1.82) is 5.41 Å². The fourth-order valence-corrected chi connectivity index (χ4v) is 6.74. The minimum absolute atomic E-state index is 0.128. The van der Waals surface area contributed by atoms with E-state index in [1.165, 1.54) is 31.3 Å². The Bertz CT molecular complexity index is 1350. The third-order valence-electron chi connectivity index (χ3n) is 6.87. The van der Waals surface area contributed by atoms with Crippen molar-refractivity contribution in [2.75, 3.05) is 23.1 Å². The number of nitrogens with one attached hydrogen (secondary N) is 2. The van der Waals surface area contributed by atoms with Gasteiger partial charge in [0.15, 0.2) is 11.6 Å². The number of halogens is 4. The van der Waals surface area contributed by atoms with Crippen LogP contribution < -0.4 is 20.5 Å². The maximum Gasteiger partial charge on any atom is 0.166 e. The first-order valence-electron chi connectivity index (χ1n) is 12.2. The van der Waals surface area contributed by atoms with Crippen LogP contribution in [0.25, 0.3) is 0 Å². The quantitative estimate of drug-likeness (QED) is 0.119. The smallest absolute Gasteiger partial charge is 0.166 e. The van der Waals surface area contributed by atoms with Crippen LogP contribution >= 0.6 is 51.6 Å². The number of hydrogen-bond acceptors (Lipinski definition) is 7. The molecule has 1 aromatic carbocycles. The summed E-state index contributed by atoms with van der Waals surface area (Å²) in [7, 11) is 0. The van der Waals surface area contributed by atoms with Gasteiger partial charge in [-0.15, -0.1) is 0 Å². The highest BCUT2D eigenvalue weighted by Gasteiger charge is 2.44. The van der Waals surface area contributed by atoms with Gasteiger partial charge in [0, 0.05) is 60.4 Å². The van der Waals surface area contributed by atoms with Crippen molar-refractivity contribution in [3.8, 4) is 5.75 Å². The first kappa shape index (κ1) is 27.8. The van der Waals surface area contributed by atoms with Crippen LogP contribution in [0, 0.1) is 17.1 Å². The number of rotatable bonds is 10. The topological polar surface area (TPSA) is 100 Å². The zero-order chi connectivity index (χ0) is 27.0. The van der Waals surface area contributed by atoms with E-state index in [4.69, 9.17) is 39.1 Å². The van der Waals surface area contributed by atoms with E-state index in [9.17, 15) is 0 Å². The van der Waals surface area contributed by atoms with Crippen LogP contribution in [0.3, 0.4) is 0 Å². The minimum Gasteiger partial charge on any atom is -0.486 e. The number of anilines is 2. The maximum absolute atomic E-state index is 15.2. The number of hydrogen-bond donors (Lipinski definition) is 3. The molecule has 3 aromatic rings. The van der Waals surface area contributed by atoms with Crippen molar-refractivity contribution < 1.29 is 9.13 Å². The van der Waals surface area contributed by atoms with Gasteiger partial charge in [-0.1, -0.05) is 36.0 Å².